The van der Waals surface area contributed by atoms with Crippen LogP contribution in [0.5, 0.6) is 0 Å². The van der Waals surface area contributed by atoms with E-state index >= 15 is 0 Å². The summed E-state index contributed by atoms with van der Waals surface area (Å²) in [5, 5.41) is 0.637. The van der Waals surface area contributed by atoms with Crippen molar-refractivity contribution in [1.29, 1.82) is 0 Å². The first-order valence-corrected chi connectivity index (χ1v) is 11.0. The van der Waals surface area contributed by atoms with Crippen LogP contribution in [0, 0.1) is 0 Å². The van der Waals surface area contributed by atoms with Crippen molar-refractivity contribution in [2.45, 2.75) is 36.6 Å². The van der Waals surface area contributed by atoms with Gasteiger partial charge in [-0.3, -0.25) is 4.79 Å². The second kappa shape index (κ2) is 7.26. The first kappa shape index (κ1) is 18.5. The van der Waals surface area contributed by atoms with Crippen LogP contribution in [0.15, 0.2) is 53.4 Å². The first-order chi connectivity index (χ1) is 13.0. The zero-order valence-corrected chi connectivity index (χ0v) is 16.4. The minimum absolute atomic E-state index is 0.0907. The highest BCUT2D eigenvalue weighted by Gasteiger charge is 2.36. The normalized spacial score (nSPS) is 21.1. The fraction of sp³-hybridized carbons (Fsp3) is 0.350. The van der Waals surface area contributed by atoms with Crippen LogP contribution in [-0.4, -0.2) is 31.7 Å². The van der Waals surface area contributed by atoms with Crippen LogP contribution in [0.3, 0.4) is 0 Å². The third-order valence-electron chi connectivity index (χ3n) is 5.29. The summed E-state index contributed by atoms with van der Waals surface area (Å²) in [4.78, 5) is 13.9. The lowest BCUT2D eigenvalue weighted by molar-refractivity contribution is -0.117. The van der Waals surface area contributed by atoms with Crippen molar-refractivity contribution in [2.75, 3.05) is 18.0 Å². The maximum absolute atomic E-state index is 13.2. The molecule has 2 saturated heterocycles. The van der Waals surface area contributed by atoms with Crippen molar-refractivity contribution in [3.8, 4) is 0 Å². The van der Waals surface area contributed by atoms with E-state index in [0.29, 0.717) is 24.5 Å². The van der Waals surface area contributed by atoms with E-state index in [1.165, 1.54) is 0 Å². The Hall–Kier alpha value is -1.89. The van der Waals surface area contributed by atoms with E-state index in [1.54, 1.807) is 45.6 Å². The Morgan fingerprint density at radius 3 is 2.26 bits per heavy atom. The molecule has 0 unspecified atom stereocenters. The maximum Gasteiger partial charge on any atom is 0.243 e. The molecule has 0 aliphatic carbocycles. The topological polar surface area (TPSA) is 57.7 Å². The molecular weight excluding hydrogens is 384 g/mol. The number of halogens is 1. The van der Waals surface area contributed by atoms with E-state index in [2.05, 4.69) is 0 Å². The summed E-state index contributed by atoms with van der Waals surface area (Å²) >= 11 is 5.96. The molecular formula is C20H21ClN2O3S. The number of carbonyl (C=O) groups excluding carboxylic acids is 1. The largest absolute Gasteiger partial charge is 0.312 e. The lowest BCUT2D eigenvalue weighted by Gasteiger charge is -2.25. The molecule has 2 aliphatic heterocycles. The number of anilines is 1. The SMILES string of the molecule is O=C1CCCN1c1ccc(S(=O)(=O)N2CCC[C@@H]2c2ccc(Cl)cc2)cc1. The minimum atomic E-state index is -3.60. The van der Waals surface area contributed by atoms with E-state index in [0.717, 1.165) is 30.5 Å². The Kier molecular flexibility index (Phi) is 4.97. The zero-order chi connectivity index (χ0) is 19.0. The average molecular weight is 405 g/mol. The maximum atomic E-state index is 13.2. The van der Waals surface area contributed by atoms with Gasteiger partial charge in [-0.25, -0.2) is 8.42 Å². The Bertz CT molecular complexity index is 942. The molecule has 0 N–H and O–H groups in total. The van der Waals surface area contributed by atoms with Gasteiger partial charge in [0.15, 0.2) is 0 Å². The predicted molar refractivity (Wildman–Crippen MR) is 105 cm³/mol. The van der Waals surface area contributed by atoms with E-state index in [4.69, 9.17) is 11.6 Å². The number of nitrogens with zero attached hydrogens (tertiary/aromatic N) is 2. The molecule has 0 spiro atoms. The van der Waals surface area contributed by atoms with Crippen LogP contribution in [0.2, 0.25) is 5.02 Å². The summed E-state index contributed by atoms with van der Waals surface area (Å²) in [6.07, 6.45) is 3.01. The van der Waals surface area contributed by atoms with Crippen molar-refractivity contribution in [3.05, 3.63) is 59.1 Å². The van der Waals surface area contributed by atoms with Gasteiger partial charge in [0, 0.05) is 30.2 Å². The Morgan fingerprint density at radius 1 is 0.926 bits per heavy atom. The quantitative estimate of drug-likeness (QED) is 0.774. The Morgan fingerprint density at radius 2 is 1.63 bits per heavy atom. The van der Waals surface area contributed by atoms with Gasteiger partial charge in [-0.1, -0.05) is 23.7 Å². The van der Waals surface area contributed by atoms with Crippen molar-refractivity contribution in [2.24, 2.45) is 0 Å². The average Bonchev–Trinajstić information content (AvgIpc) is 3.32. The summed E-state index contributed by atoms with van der Waals surface area (Å²) in [5.41, 5.74) is 1.71. The molecule has 1 amide bonds. The van der Waals surface area contributed by atoms with Gasteiger partial charge in [-0.2, -0.15) is 4.31 Å². The van der Waals surface area contributed by atoms with Gasteiger partial charge in [0.25, 0.3) is 0 Å². The fourth-order valence-corrected chi connectivity index (χ4v) is 5.71. The molecule has 0 bridgehead atoms. The van der Waals surface area contributed by atoms with E-state index in [1.807, 2.05) is 12.1 Å². The fourth-order valence-electron chi connectivity index (χ4n) is 3.90. The second-order valence-electron chi connectivity index (χ2n) is 6.97. The summed E-state index contributed by atoms with van der Waals surface area (Å²) < 4.78 is 28.0. The predicted octanol–water partition coefficient (Wildman–Crippen LogP) is 3.99. The van der Waals surface area contributed by atoms with Crippen LogP contribution >= 0.6 is 11.6 Å². The standard InChI is InChI=1S/C20H21ClN2O3S/c21-16-7-5-15(6-8-16)19-3-1-14-23(19)27(25,26)18-11-9-17(10-12-18)22-13-2-4-20(22)24/h5-12,19H,1-4,13-14H2/t19-/m1/s1. The Balaban J connectivity index is 1.60. The van der Waals surface area contributed by atoms with Gasteiger partial charge >= 0.3 is 0 Å². The van der Waals surface area contributed by atoms with E-state index in [-0.39, 0.29) is 16.8 Å². The highest BCUT2D eigenvalue weighted by atomic mass is 35.5. The third kappa shape index (κ3) is 3.49. The smallest absolute Gasteiger partial charge is 0.243 e. The second-order valence-corrected chi connectivity index (χ2v) is 9.30. The molecule has 2 aromatic rings. The molecule has 0 radical (unpaired) electrons. The molecule has 27 heavy (non-hydrogen) atoms. The molecule has 2 heterocycles. The molecule has 2 aromatic carbocycles. The molecule has 2 fully saturated rings. The summed E-state index contributed by atoms with van der Waals surface area (Å²) in [7, 11) is -3.60. The first-order valence-electron chi connectivity index (χ1n) is 9.14. The number of hydrogen-bond acceptors (Lipinski definition) is 3. The molecule has 2 aliphatic rings. The molecule has 5 nitrogen and oxygen atoms in total. The van der Waals surface area contributed by atoms with Crippen LogP contribution in [0.4, 0.5) is 5.69 Å². The van der Waals surface area contributed by atoms with Gasteiger partial charge in [0.2, 0.25) is 15.9 Å². The van der Waals surface area contributed by atoms with Crippen molar-refractivity contribution < 1.29 is 13.2 Å². The lowest BCUT2D eigenvalue weighted by Crippen LogP contribution is -2.30. The minimum Gasteiger partial charge on any atom is -0.312 e. The number of benzene rings is 2. The van der Waals surface area contributed by atoms with Gasteiger partial charge in [0.1, 0.15) is 0 Å². The summed E-state index contributed by atoms with van der Waals surface area (Å²) in [6, 6.07) is 13.9. The molecule has 1 atom stereocenters. The zero-order valence-electron chi connectivity index (χ0n) is 14.8. The van der Waals surface area contributed by atoms with Gasteiger partial charge in [-0.05, 0) is 61.2 Å². The molecule has 7 heteroatoms. The van der Waals surface area contributed by atoms with Gasteiger partial charge in [0.05, 0.1) is 10.9 Å². The Labute approximate surface area is 164 Å². The van der Waals surface area contributed by atoms with E-state index in [9.17, 15) is 13.2 Å². The number of hydrogen-bond donors (Lipinski definition) is 0. The van der Waals surface area contributed by atoms with Gasteiger partial charge in [-0.15, -0.1) is 0 Å². The lowest BCUT2D eigenvalue weighted by atomic mass is 10.1. The monoisotopic (exact) mass is 404 g/mol. The highest BCUT2D eigenvalue weighted by molar-refractivity contribution is 7.89. The number of carbonyl (C=O) groups is 1. The third-order valence-corrected chi connectivity index (χ3v) is 7.46. The number of rotatable bonds is 4. The number of sulfonamides is 1. The van der Waals surface area contributed by atoms with E-state index < -0.39 is 10.0 Å². The van der Waals surface area contributed by atoms with Crippen molar-refractivity contribution in [3.63, 3.8) is 0 Å². The summed E-state index contributed by atoms with van der Waals surface area (Å²) in [5.74, 6) is 0.0907. The highest BCUT2D eigenvalue weighted by Crippen LogP contribution is 2.37. The molecule has 142 valence electrons. The van der Waals surface area contributed by atoms with Crippen LogP contribution in [0.25, 0.3) is 0 Å². The van der Waals surface area contributed by atoms with Crippen molar-refractivity contribution >= 4 is 33.2 Å². The molecule has 0 aromatic heterocycles. The van der Waals surface area contributed by atoms with Crippen molar-refractivity contribution in [1.82, 2.24) is 4.31 Å². The molecule has 4 rings (SSSR count). The molecule has 0 saturated carbocycles. The number of amides is 1. The van der Waals surface area contributed by atoms with Crippen LogP contribution in [0.1, 0.15) is 37.3 Å². The van der Waals surface area contributed by atoms with Gasteiger partial charge < -0.3 is 4.90 Å². The summed E-state index contributed by atoms with van der Waals surface area (Å²) in [6.45, 7) is 1.19. The van der Waals surface area contributed by atoms with Crippen LogP contribution in [-0.2, 0) is 14.8 Å². The van der Waals surface area contributed by atoms with Crippen LogP contribution < -0.4 is 4.90 Å².